The first-order valence-corrected chi connectivity index (χ1v) is 6.80. The SMILES string of the molecule is CC(NS(=O)(=O)c1cn[nH]c1)C1CCNC1. The van der Waals surface area contributed by atoms with Crippen LogP contribution in [0.25, 0.3) is 0 Å². The molecule has 1 aliphatic heterocycles. The molecule has 2 heterocycles. The van der Waals surface area contributed by atoms with Crippen molar-refractivity contribution >= 4 is 10.0 Å². The van der Waals surface area contributed by atoms with Gasteiger partial charge in [0, 0.05) is 12.2 Å². The molecule has 1 aromatic heterocycles. The summed E-state index contributed by atoms with van der Waals surface area (Å²) in [5.41, 5.74) is 0. The van der Waals surface area contributed by atoms with Crippen LogP contribution < -0.4 is 10.0 Å². The van der Waals surface area contributed by atoms with Gasteiger partial charge in [-0.05, 0) is 32.4 Å². The Morgan fingerprint density at radius 1 is 1.62 bits per heavy atom. The first-order valence-electron chi connectivity index (χ1n) is 5.31. The summed E-state index contributed by atoms with van der Waals surface area (Å²) in [6.45, 7) is 3.73. The quantitative estimate of drug-likeness (QED) is 0.678. The van der Waals surface area contributed by atoms with E-state index in [1.807, 2.05) is 6.92 Å². The van der Waals surface area contributed by atoms with Gasteiger partial charge in [0.2, 0.25) is 10.0 Å². The minimum Gasteiger partial charge on any atom is -0.316 e. The van der Waals surface area contributed by atoms with E-state index in [1.54, 1.807) is 0 Å². The number of hydrogen-bond acceptors (Lipinski definition) is 4. The summed E-state index contributed by atoms with van der Waals surface area (Å²) >= 11 is 0. The maximum atomic E-state index is 11.9. The average Bonchev–Trinajstić information content (AvgIpc) is 2.91. The Kier molecular flexibility index (Phi) is 3.27. The van der Waals surface area contributed by atoms with Crippen molar-refractivity contribution < 1.29 is 8.42 Å². The standard InChI is InChI=1S/C9H16N4O2S/c1-7(8-2-3-10-4-8)13-16(14,15)9-5-11-12-6-9/h5-8,10,13H,2-4H2,1H3,(H,11,12). The Labute approximate surface area is 94.9 Å². The van der Waals surface area contributed by atoms with Gasteiger partial charge in [-0.15, -0.1) is 0 Å². The van der Waals surface area contributed by atoms with Crippen LogP contribution in [0.3, 0.4) is 0 Å². The highest BCUT2D eigenvalue weighted by molar-refractivity contribution is 7.89. The molecule has 0 saturated carbocycles. The molecule has 1 aliphatic rings. The third kappa shape index (κ3) is 2.42. The molecular formula is C9H16N4O2S. The lowest BCUT2D eigenvalue weighted by atomic mass is 10.0. The van der Waals surface area contributed by atoms with Crippen LogP contribution in [-0.2, 0) is 10.0 Å². The zero-order chi connectivity index (χ0) is 11.6. The molecule has 3 N–H and O–H groups in total. The second-order valence-electron chi connectivity index (χ2n) is 4.10. The van der Waals surface area contributed by atoms with Crippen LogP contribution in [0, 0.1) is 5.92 Å². The average molecular weight is 244 g/mol. The van der Waals surface area contributed by atoms with Crippen molar-refractivity contribution in [1.82, 2.24) is 20.2 Å². The largest absolute Gasteiger partial charge is 0.316 e. The summed E-state index contributed by atoms with van der Waals surface area (Å²) in [7, 11) is -3.43. The number of hydrogen-bond donors (Lipinski definition) is 3. The third-order valence-corrected chi connectivity index (χ3v) is 4.46. The van der Waals surface area contributed by atoms with E-state index in [4.69, 9.17) is 0 Å². The Hall–Kier alpha value is -0.920. The van der Waals surface area contributed by atoms with Crippen LogP contribution in [0.1, 0.15) is 13.3 Å². The summed E-state index contributed by atoms with van der Waals surface area (Å²) < 4.78 is 26.4. The minimum absolute atomic E-state index is 0.0603. The summed E-state index contributed by atoms with van der Waals surface area (Å²) in [6, 6.07) is -0.0603. The second kappa shape index (κ2) is 4.52. The predicted molar refractivity (Wildman–Crippen MR) is 59.3 cm³/mol. The monoisotopic (exact) mass is 244 g/mol. The van der Waals surface area contributed by atoms with Gasteiger partial charge in [0.05, 0.1) is 6.20 Å². The van der Waals surface area contributed by atoms with Crippen molar-refractivity contribution in [3.05, 3.63) is 12.4 Å². The van der Waals surface area contributed by atoms with E-state index in [0.29, 0.717) is 5.92 Å². The summed E-state index contributed by atoms with van der Waals surface area (Å²) in [6.07, 6.45) is 3.69. The summed E-state index contributed by atoms with van der Waals surface area (Å²) in [5, 5.41) is 9.35. The molecule has 0 aromatic carbocycles. The number of H-pyrrole nitrogens is 1. The molecule has 1 saturated heterocycles. The molecule has 6 nitrogen and oxygen atoms in total. The van der Waals surface area contributed by atoms with Gasteiger partial charge in [0.25, 0.3) is 0 Å². The highest BCUT2D eigenvalue weighted by Gasteiger charge is 2.26. The molecular weight excluding hydrogens is 228 g/mol. The van der Waals surface area contributed by atoms with Gasteiger partial charge in [0.1, 0.15) is 4.90 Å². The molecule has 0 bridgehead atoms. The first-order chi connectivity index (χ1) is 7.59. The van der Waals surface area contributed by atoms with Crippen molar-refractivity contribution in [2.24, 2.45) is 5.92 Å². The van der Waals surface area contributed by atoms with Crippen LogP contribution in [0.15, 0.2) is 17.3 Å². The second-order valence-corrected chi connectivity index (χ2v) is 5.81. The topological polar surface area (TPSA) is 86.9 Å². The maximum absolute atomic E-state index is 11.9. The fourth-order valence-electron chi connectivity index (χ4n) is 1.90. The molecule has 0 radical (unpaired) electrons. The van der Waals surface area contributed by atoms with E-state index >= 15 is 0 Å². The van der Waals surface area contributed by atoms with E-state index in [9.17, 15) is 8.42 Å². The molecule has 1 fully saturated rings. The molecule has 1 aromatic rings. The highest BCUT2D eigenvalue weighted by Crippen LogP contribution is 2.15. The van der Waals surface area contributed by atoms with Gasteiger partial charge in [-0.2, -0.15) is 5.10 Å². The molecule has 0 amide bonds. The number of sulfonamides is 1. The lowest BCUT2D eigenvalue weighted by Gasteiger charge is -2.19. The van der Waals surface area contributed by atoms with Gasteiger partial charge in [-0.25, -0.2) is 13.1 Å². The Bertz CT molecular complexity index is 422. The molecule has 2 atom stereocenters. The van der Waals surface area contributed by atoms with Crippen molar-refractivity contribution in [1.29, 1.82) is 0 Å². The van der Waals surface area contributed by atoms with Crippen LogP contribution in [0.4, 0.5) is 0 Å². The van der Waals surface area contributed by atoms with Crippen LogP contribution in [-0.4, -0.2) is 37.7 Å². The van der Waals surface area contributed by atoms with Gasteiger partial charge >= 0.3 is 0 Å². The first kappa shape index (κ1) is 11.6. The third-order valence-electron chi connectivity index (χ3n) is 2.93. The zero-order valence-corrected chi connectivity index (χ0v) is 9.92. The molecule has 2 rings (SSSR count). The Morgan fingerprint density at radius 3 is 3.00 bits per heavy atom. The summed E-state index contributed by atoms with van der Waals surface area (Å²) in [5.74, 6) is 0.363. The molecule has 7 heteroatoms. The number of aromatic amines is 1. The van der Waals surface area contributed by atoms with Gasteiger partial charge < -0.3 is 5.32 Å². The maximum Gasteiger partial charge on any atom is 0.243 e. The molecule has 16 heavy (non-hydrogen) atoms. The fraction of sp³-hybridized carbons (Fsp3) is 0.667. The molecule has 90 valence electrons. The number of nitrogens with one attached hydrogen (secondary N) is 3. The van der Waals surface area contributed by atoms with Gasteiger partial charge in [-0.1, -0.05) is 0 Å². The van der Waals surface area contributed by atoms with Crippen molar-refractivity contribution in [2.45, 2.75) is 24.3 Å². The van der Waals surface area contributed by atoms with Crippen LogP contribution in [0.5, 0.6) is 0 Å². The van der Waals surface area contributed by atoms with E-state index in [-0.39, 0.29) is 10.9 Å². The molecule has 0 spiro atoms. The summed E-state index contributed by atoms with van der Waals surface area (Å²) in [4.78, 5) is 0.185. The molecule has 2 unspecified atom stereocenters. The molecule has 0 aliphatic carbocycles. The van der Waals surface area contributed by atoms with E-state index in [2.05, 4.69) is 20.2 Å². The Balaban J connectivity index is 2.03. The Morgan fingerprint density at radius 2 is 2.44 bits per heavy atom. The van der Waals surface area contributed by atoms with Crippen LogP contribution in [0.2, 0.25) is 0 Å². The number of rotatable bonds is 4. The minimum atomic E-state index is -3.43. The van der Waals surface area contributed by atoms with Gasteiger partial charge in [0.15, 0.2) is 0 Å². The highest BCUT2D eigenvalue weighted by atomic mass is 32.2. The van der Waals surface area contributed by atoms with E-state index in [1.165, 1.54) is 12.4 Å². The lowest BCUT2D eigenvalue weighted by molar-refractivity contribution is 0.444. The van der Waals surface area contributed by atoms with Crippen molar-refractivity contribution in [3.8, 4) is 0 Å². The van der Waals surface area contributed by atoms with Gasteiger partial charge in [-0.3, -0.25) is 5.10 Å². The zero-order valence-electron chi connectivity index (χ0n) is 9.10. The van der Waals surface area contributed by atoms with E-state index in [0.717, 1.165) is 19.5 Å². The van der Waals surface area contributed by atoms with Crippen molar-refractivity contribution in [2.75, 3.05) is 13.1 Å². The fourth-order valence-corrected chi connectivity index (χ4v) is 3.12. The van der Waals surface area contributed by atoms with Crippen LogP contribution >= 0.6 is 0 Å². The normalized spacial score (nSPS) is 23.4. The van der Waals surface area contributed by atoms with E-state index < -0.39 is 10.0 Å². The van der Waals surface area contributed by atoms with Crippen molar-refractivity contribution in [3.63, 3.8) is 0 Å². The number of aromatic nitrogens is 2. The lowest BCUT2D eigenvalue weighted by Crippen LogP contribution is -2.38. The predicted octanol–water partition coefficient (Wildman–Crippen LogP) is -0.314. The smallest absolute Gasteiger partial charge is 0.243 e. The number of nitrogens with zero attached hydrogens (tertiary/aromatic N) is 1.